The lowest BCUT2D eigenvalue weighted by Crippen LogP contribution is -2.13. The van der Waals surface area contributed by atoms with E-state index in [9.17, 15) is 0 Å². The summed E-state index contributed by atoms with van der Waals surface area (Å²) >= 11 is 0. The van der Waals surface area contributed by atoms with Crippen molar-refractivity contribution in [3.8, 4) is 5.75 Å². The molecule has 0 radical (unpaired) electrons. The summed E-state index contributed by atoms with van der Waals surface area (Å²) < 4.78 is 5.13. The van der Waals surface area contributed by atoms with E-state index in [1.54, 1.807) is 7.11 Å². The van der Waals surface area contributed by atoms with Crippen LogP contribution in [0.2, 0.25) is 0 Å². The van der Waals surface area contributed by atoms with Crippen molar-refractivity contribution >= 4 is 0 Å². The molecule has 2 N–H and O–H groups in total. The molecule has 2 nitrogen and oxygen atoms in total. The van der Waals surface area contributed by atoms with Crippen molar-refractivity contribution in [3.63, 3.8) is 0 Å². The number of methoxy groups -OCH3 is 1. The minimum atomic E-state index is 0.0308. The number of benzene rings is 2. The van der Waals surface area contributed by atoms with Crippen LogP contribution in [0, 0.1) is 0 Å². The van der Waals surface area contributed by atoms with Crippen LogP contribution in [-0.2, 0) is 6.42 Å². The molecule has 0 spiro atoms. The Hall–Kier alpha value is -1.80. The van der Waals surface area contributed by atoms with Crippen molar-refractivity contribution in [1.82, 2.24) is 0 Å². The maximum atomic E-state index is 6.18. The number of ether oxygens (including phenoxy) is 1. The highest BCUT2D eigenvalue weighted by atomic mass is 16.5. The van der Waals surface area contributed by atoms with Crippen molar-refractivity contribution in [3.05, 3.63) is 65.7 Å². The van der Waals surface area contributed by atoms with Crippen LogP contribution in [0.5, 0.6) is 5.75 Å². The van der Waals surface area contributed by atoms with Crippen LogP contribution in [0.15, 0.2) is 54.6 Å². The molecular formula is C15H17NO. The highest BCUT2D eigenvalue weighted by molar-refractivity contribution is 5.30. The Morgan fingerprint density at radius 3 is 2.24 bits per heavy atom. The lowest BCUT2D eigenvalue weighted by Gasteiger charge is -2.12. The predicted octanol–water partition coefficient (Wildman–Crippen LogP) is 2.94. The van der Waals surface area contributed by atoms with Crippen LogP contribution in [-0.4, -0.2) is 7.11 Å². The second-order valence-electron chi connectivity index (χ2n) is 4.07. The first-order valence-electron chi connectivity index (χ1n) is 5.73. The Balaban J connectivity index is 2.06. The third-order valence-electron chi connectivity index (χ3n) is 2.84. The molecule has 0 saturated carbocycles. The molecule has 88 valence electrons. The first kappa shape index (κ1) is 11.7. The summed E-state index contributed by atoms with van der Waals surface area (Å²) in [5, 5.41) is 0. The molecule has 0 bridgehead atoms. The molecule has 0 aromatic heterocycles. The molecule has 0 aliphatic heterocycles. The second-order valence-corrected chi connectivity index (χ2v) is 4.07. The fourth-order valence-corrected chi connectivity index (χ4v) is 1.84. The molecule has 0 fully saturated rings. The average molecular weight is 227 g/mol. The monoisotopic (exact) mass is 227 g/mol. The Labute approximate surface area is 102 Å². The van der Waals surface area contributed by atoms with E-state index in [1.807, 2.05) is 42.5 Å². The zero-order chi connectivity index (χ0) is 12.1. The van der Waals surface area contributed by atoms with Crippen LogP contribution in [0.3, 0.4) is 0 Å². The van der Waals surface area contributed by atoms with E-state index in [-0.39, 0.29) is 6.04 Å². The van der Waals surface area contributed by atoms with Crippen LogP contribution < -0.4 is 10.5 Å². The minimum Gasteiger partial charge on any atom is -0.497 e. The number of hydrogen-bond acceptors (Lipinski definition) is 2. The summed E-state index contributed by atoms with van der Waals surface area (Å²) in [5.74, 6) is 0.862. The van der Waals surface area contributed by atoms with Crippen molar-refractivity contribution in [2.75, 3.05) is 7.11 Å². The summed E-state index contributed by atoms with van der Waals surface area (Å²) in [5.41, 5.74) is 8.57. The Morgan fingerprint density at radius 1 is 1.00 bits per heavy atom. The minimum absolute atomic E-state index is 0.0308. The largest absolute Gasteiger partial charge is 0.497 e. The van der Waals surface area contributed by atoms with Crippen LogP contribution in [0.4, 0.5) is 0 Å². The first-order valence-corrected chi connectivity index (χ1v) is 5.73. The highest BCUT2D eigenvalue weighted by Gasteiger charge is 2.06. The second kappa shape index (κ2) is 5.51. The van der Waals surface area contributed by atoms with Crippen molar-refractivity contribution in [1.29, 1.82) is 0 Å². The summed E-state index contributed by atoms with van der Waals surface area (Å²) in [6.07, 6.45) is 0.854. The van der Waals surface area contributed by atoms with Gasteiger partial charge in [-0.2, -0.15) is 0 Å². The van der Waals surface area contributed by atoms with Gasteiger partial charge in [-0.3, -0.25) is 0 Å². The van der Waals surface area contributed by atoms with Gasteiger partial charge in [-0.05, 0) is 29.7 Å². The van der Waals surface area contributed by atoms with E-state index in [1.165, 1.54) is 5.56 Å². The molecule has 0 amide bonds. The molecule has 1 atom stereocenters. The van der Waals surface area contributed by atoms with Gasteiger partial charge in [0.1, 0.15) is 5.75 Å². The van der Waals surface area contributed by atoms with Gasteiger partial charge in [0, 0.05) is 6.04 Å². The maximum Gasteiger partial charge on any atom is 0.118 e. The van der Waals surface area contributed by atoms with Gasteiger partial charge in [-0.1, -0.05) is 42.5 Å². The number of hydrogen-bond donors (Lipinski definition) is 1. The summed E-state index contributed by atoms with van der Waals surface area (Å²) in [6.45, 7) is 0. The van der Waals surface area contributed by atoms with Gasteiger partial charge in [0.2, 0.25) is 0 Å². The van der Waals surface area contributed by atoms with E-state index in [4.69, 9.17) is 10.5 Å². The molecule has 0 heterocycles. The lowest BCUT2D eigenvalue weighted by atomic mass is 10.00. The fraction of sp³-hybridized carbons (Fsp3) is 0.200. The van der Waals surface area contributed by atoms with Crippen LogP contribution in [0.25, 0.3) is 0 Å². The van der Waals surface area contributed by atoms with Crippen LogP contribution >= 0.6 is 0 Å². The molecule has 2 heteroatoms. The molecule has 2 aromatic carbocycles. The zero-order valence-corrected chi connectivity index (χ0v) is 9.97. The summed E-state index contributed by atoms with van der Waals surface area (Å²) in [7, 11) is 1.67. The molecule has 1 unspecified atom stereocenters. The molecule has 0 aliphatic rings. The quantitative estimate of drug-likeness (QED) is 0.871. The standard InChI is InChI=1S/C15H17NO/c1-17-14-9-7-13(8-10-14)15(16)11-12-5-3-2-4-6-12/h2-10,15H,11,16H2,1H3. The molecule has 2 aromatic rings. The molecule has 2 rings (SSSR count). The smallest absolute Gasteiger partial charge is 0.118 e. The van der Waals surface area contributed by atoms with E-state index in [0.717, 1.165) is 17.7 Å². The molecule has 17 heavy (non-hydrogen) atoms. The van der Waals surface area contributed by atoms with E-state index in [2.05, 4.69) is 12.1 Å². The normalized spacial score (nSPS) is 12.1. The van der Waals surface area contributed by atoms with Gasteiger partial charge in [-0.25, -0.2) is 0 Å². The van der Waals surface area contributed by atoms with Gasteiger partial charge in [0.15, 0.2) is 0 Å². The van der Waals surface area contributed by atoms with Gasteiger partial charge in [0.25, 0.3) is 0 Å². The summed E-state index contributed by atoms with van der Waals surface area (Å²) in [6, 6.07) is 18.3. The van der Waals surface area contributed by atoms with E-state index < -0.39 is 0 Å². The Bertz CT molecular complexity index is 450. The number of rotatable bonds is 4. The van der Waals surface area contributed by atoms with Gasteiger partial charge in [-0.15, -0.1) is 0 Å². The maximum absolute atomic E-state index is 6.18. The van der Waals surface area contributed by atoms with Gasteiger partial charge < -0.3 is 10.5 Å². The van der Waals surface area contributed by atoms with Crippen LogP contribution in [0.1, 0.15) is 17.2 Å². The third kappa shape index (κ3) is 3.08. The predicted molar refractivity (Wildman–Crippen MR) is 70.1 cm³/mol. The fourth-order valence-electron chi connectivity index (χ4n) is 1.84. The number of nitrogens with two attached hydrogens (primary N) is 1. The zero-order valence-electron chi connectivity index (χ0n) is 9.97. The van der Waals surface area contributed by atoms with Gasteiger partial charge >= 0.3 is 0 Å². The highest BCUT2D eigenvalue weighted by Crippen LogP contribution is 2.19. The third-order valence-corrected chi connectivity index (χ3v) is 2.84. The molecular weight excluding hydrogens is 210 g/mol. The summed E-state index contributed by atoms with van der Waals surface area (Å²) in [4.78, 5) is 0. The van der Waals surface area contributed by atoms with E-state index in [0.29, 0.717) is 0 Å². The first-order chi connectivity index (χ1) is 8.29. The molecule has 0 aliphatic carbocycles. The lowest BCUT2D eigenvalue weighted by molar-refractivity contribution is 0.414. The Morgan fingerprint density at radius 2 is 1.65 bits per heavy atom. The SMILES string of the molecule is COc1ccc(C(N)Cc2ccccc2)cc1. The van der Waals surface area contributed by atoms with E-state index >= 15 is 0 Å². The Kier molecular flexibility index (Phi) is 3.78. The van der Waals surface area contributed by atoms with Crippen molar-refractivity contribution in [2.45, 2.75) is 12.5 Å². The van der Waals surface area contributed by atoms with Gasteiger partial charge in [0.05, 0.1) is 7.11 Å². The molecule has 0 saturated heterocycles. The topological polar surface area (TPSA) is 35.2 Å². The van der Waals surface area contributed by atoms with Crippen molar-refractivity contribution < 1.29 is 4.74 Å². The van der Waals surface area contributed by atoms with Crippen molar-refractivity contribution in [2.24, 2.45) is 5.73 Å². The average Bonchev–Trinajstić information content (AvgIpc) is 2.40.